The lowest BCUT2D eigenvalue weighted by Crippen LogP contribution is -2.58. The summed E-state index contributed by atoms with van der Waals surface area (Å²) < 4.78 is 31.4. The zero-order valence-corrected chi connectivity index (χ0v) is 41.8. The lowest BCUT2D eigenvalue weighted by Gasteiger charge is -2.62. The number of fused-ring (bicyclic) bond motifs is 5. The van der Waals surface area contributed by atoms with Crippen LogP contribution in [0.25, 0.3) is 0 Å². The second kappa shape index (κ2) is 19.4. The molecule has 3 heterocycles. The molecular weight excluding hydrogens is 859 g/mol. The molecular formula is C57H80NO10+. The van der Waals surface area contributed by atoms with E-state index in [2.05, 4.69) is 20.8 Å². The molecule has 11 heteroatoms. The molecule has 0 amide bonds. The minimum atomic E-state index is -1.68. The minimum Gasteiger partial charge on any atom is -0.462 e. The smallest absolute Gasteiger partial charge is 0.348 e. The van der Waals surface area contributed by atoms with Gasteiger partial charge in [0.25, 0.3) is 0 Å². The zero-order chi connectivity index (χ0) is 48.1. The monoisotopic (exact) mass is 939 g/mol. The number of benzene rings is 2. The van der Waals surface area contributed by atoms with Crippen molar-refractivity contribution in [3.8, 4) is 0 Å². The van der Waals surface area contributed by atoms with Gasteiger partial charge in [0.2, 0.25) is 5.60 Å². The Morgan fingerprint density at radius 1 is 0.735 bits per heavy atom. The summed E-state index contributed by atoms with van der Waals surface area (Å²) >= 11 is 0. The minimum absolute atomic E-state index is 0.0631. The van der Waals surface area contributed by atoms with Crippen molar-refractivity contribution in [2.24, 2.45) is 46.3 Å². The number of quaternary nitrogens is 1. The number of carbonyl (C=O) groups is 4. The van der Waals surface area contributed by atoms with E-state index in [4.69, 9.17) is 23.7 Å². The molecule has 1 N–H and O–H groups in total. The van der Waals surface area contributed by atoms with E-state index in [1.165, 1.54) is 19.3 Å². The first-order valence-corrected chi connectivity index (χ1v) is 26.5. The summed E-state index contributed by atoms with van der Waals surface area (Å²) in [5.74, 6) is 0.629. The van der Waals surface area contributed by atoms with Crippen LogP contribution in [0.5, 0.6) is 0 Å². The van der Waals surface area contributed by atoms with Gasteiger partial charge in [-0.25, -0.2) is 4.79 Å². The first kappa shape index (κ1) is 49.2. The molecule has 0 radical (unpaired) electrons. The van der Waals surface area contributed by atoms with E-state index >= 15 is 0 Å². The summed E-state index contributed by atoms with van der Waals surface area (Å²) in [4.78, 5) is 54.0. The second-order valence-corrected chi connectivity index (χ2v) is 23.9. The van der Waals surface area contributed by atoms with Gasteiger partial charge in [0, 0.05) is 38.5 Å². The molecule has 4 aliphatic carbocycles. The molecule has 9 rings (SSSR count). The van der Waals surface area contributed by atoms with Crippen LogP contribution in [0.1, 0.15) is 162 Å². The predicted molar refractivity (Wildman–Crippen MR) is 256 cm³/mol. The summed E-state index contributed by atoms with van der Waals surface area (Å²) in [6, 6.07) is 19.4. The summed E-state index contributed by atoms with van der Waals surface area (Å²) in [6.45, 7) is 14.8. The van der Waals surface area contributed by atoms with Crippen molar-refractivity contribution in [1.82, 2.24) is 0 Å². The largest absolute Gasteiger partial charge is 0.462 e. The van der Waals surface area contributed by atoms with Crippen LogP contribution in [0.2, 0.25) is 0 Å². The van der Waals surface area contributed by atoms with E-state index < -0.39 is 42.0 Å². The molecule has 68 heavy (non-hydrogen) atoms. The number of nitrogens with zero attached hydrogens (tertiary/aromatic N) is 1. The maximum atomic E-state index is 14.8. The molecule has 4 saturated carbocycles. The van der Waals surface area contributed by atoms with E-state index in [1.54, 1.807) is 0 Å². The van der Waals surface area contributed by atoms with Crippen molar-refractivity contribution in [2.45, 2.75) is 192 Å². The van der Waals surface area contributed by atoms with Gasteiger partial charge in [0.1, 0.15) is 17.7 Å². The molecule has 2 aromatic rings. The second-order valence-electron chi connectivity index (χ2n) is 23.9. The first-order chi connectivity index (χ1) is 32.5. The Morgan fingerprint density at radius 3 is 2.06 bits per heavy atom. The van der Waals surface area contributed by atoms with Gasteiger partial charge in [-0.3, -0.25) is 14.4 Å². The Bertz CT molecular complexity index is 2080. The molecule has 0 aromatic heterocycles. The van der Waals surface area contributed by atoms with E-state index in [0.29, 0.717) is 66.1 Å². The van der Waals surface area contributed by atoms with E-state index in [1.807, 2.05) is 81.4 Å². The number of ether oxygens (including phenoxy) is 5. The zero-order valence-electron chi connectivity index (χ0n) is 41.8. The van der Waals surface area contributed by atoms with Crippen LogP contribution in [-0.4, -0.2) is 89.3 Å². The van der Waals surface area contributed by atoms with Crippen molar-refractivity contribution in [2.75, 3.05) is 19.9 Å². The fraction of sp³-hybridized carbons (Fsp3) is 0.719. The first-order valence-electron chi connectivity index (χ1n) is 26.5. The highest BCUT2D eigenvalue weighted by Gasteiger charge is 2.64. The number of aliphatic hydroxyl groups excluding tert-OH is 1. The Labute approximate surface area is 405 Å². The Balaban J connectivity index is 0.777. The van der Waals surface area contributed by atoms with Crippen molar-refractivity contribution in [3.05, 3.63) is 71.8 Å². The Morgan fingerprint density at radius 2 is 1.38 bits per heavy atom. The Kier molecular flexibility index (Phi) is 14.1. The molecule has 3 aliphatic heterocycles. The van der Waals surface area contributed by atoms with Crippen LogP contribution in [0.3, 0.4) is 0 Å². The highest BCUT2D eigenvalue weighted by molar-refractivity contribution is 5.86. The molecule has 2 aromatic carbocycles. The third kappa shape index (κ3) is 9.19. The molecule has 11 nitrogen and oxygen atoms in total. The molecule has 372 valence electrons. The van der Waals surface area contributed by atoms with Gasteiger partial charge in [-0.15, -0.1) is 0 Å². The lowest BCUT2D eigenvalue weighted by atomic mass is 9.43. The van der Waals surface area contributed by atoms with Gasteiger partial charge in [0.15, 0.2) is 12.9 Å². The average molecular weight is 939 g/mol. The van der Waals surface area contributed by atoms with E-state index in [-0.39, 0.29) is 53.7 Å². The summed E-state index contributed by atoms with van der Waals surface area (Å²) in [7, 11) is 0. The van der Waals surface area contributed by atoms with Crippen molar-refractivity contribution in [1.29, 1.82) is 0 Å². The van der Waals surface area contributed by atoms with Crippen molar-refractivity contribution in [3.63, 3.8) is 0 Å². The van der Waals surface area contributed by atoms with Crippen LogP contribution in [0.15, 0.2) is 60.7 Å². The van der Waals surface area contributed by atoms with E-state index in [9.17, 15) is 24.3 Å². The van der Waals surface area contributed by atoms with E-state index in [0.717, 1.165) is 75.4 Å². The van der Waals surface area contributed by atoms with Gasteiger partial charge in [-0.2, -0.15) is 0 Å². The SMILES string of the molecule is C[C@H](CCC(=O)OC(C)(C)C)C1CCC2C3C(CC[C@@]21C)[C@@]1(C)CC[C@@H](OC(=O)CCC(=O)OCOC(C(=O)OC2CC4CCC2[N+]42CCCC2)(c2ccccc2)c2ccccc2)CC1C[C@H]3O. The molecule has 3 saturated heterocycles. The quantitative estimate of drug-likeness (QED) is 0.0796. The predicted octanol–water partition coefficient (Wildman–Crippen LogP) is 9.98. The summed E-state index contributed by atoms with van der Waals surface area (Å²) in [5, 5.41) is 12.0. The van der Waals surface area contributed by atoms with Crippen molar-refractivity contribution >= 4 is 23.9 Å². The van der Waals surface area contributed by atoms with Gasteiger partial charge in [-0.05, 0) is 136 Å². The molecule has 8 unspecified atom stereocenters. The highest BCUT2D eigenvalue weighted by atomic mass is 16.7. The van der Waals surface area contributed by atoms with Crippen molar-refractivity contribution < 1.29 is 52.5 Å². The molecule has 13 atom stereocenters. The number of esters is 4. The standard InChI is InChI=1S/C57H80NO10/c1-37(19-24-51(62)68-54(2,3)4)43-21-22-44-52-45(28-30-56(43,44)6)55(5)29-27-42(33-40(55)34-47(52)59)66-50(61)26-25-49(60)64-36-65-57(38-15-9-7-10-16-38,39-17-11-8-12-18-39)53(63)67-48-35-41-20-23-46(48)58(41)31-13-14-32-58/h7-12,15-18,37,40-48,52,59H,13-14,19-36H2,1-6H3/q+1/t37-,40?,41?,42-,43?,44?,45?,46?,47-,48?,52?,55+,56-/m1/s1. The molecule has 2 bridgehead atoms. The topological polar surface area (TPSA) is 135 Å². The summed E-state index contributed by atoms with van der Waals surface area (Å²) in [5.41, 5.74) is -0.779. The van der Waals surface area contributed by atoms with Gasteiger partial charge in [0.05, 0.1) is 38.1 Å². The van der Waals surface area contributed by atoms with Gasteiger partial charge < -0.3 is 33.3 Å². The number of aliphatic hydroxyl groups is 1. The van der Waals surface area contributed by atoms with Crippen LogP contribution < -0.4 is 0 Å². The summed E-state index contributed by atoms with van der Waals surface area (Å²) in [6.07, 6.45) is 13.3. The average Bonchev–Trinajstić information content (AvgIpc) is 4.09. The van der Waals surface area contributed by atoms with Crippen LogP contribution in [-0.2, 0) is 48.5 Å². The van der Waals surface area contributed by atoms with Crippen LogP contribution in [0, 0.1) is 46.3 Å². The number of hydrogen-bond acceptors (Lipinski definition) is 10. The normalized spacial score (nSPS) is 35.2. The fourth-order valence-corrected chi connectivity index (χ4v) is 16.3. The van der Waals surface area contributed by atoms with Gasteiger partial charge in [-0.1, -0.05) is 81.4 Å². The van der Waals surface area contributed by atoms with Crippen LogP contribution >= 0.6 is 0 Å². The third-order valence-electron chi connectivity index (χ3n) is 19.4. The maximum Gasteiger partial charge on any atom is 0.348 e. The fourth-order valence-electron chi connectivity index (χ4n) is 16.3. The third-order valence-corrected chi connectivity index (χ3v) is 19.4. The number of rotatable bonds is 15. The van der Waals surface area contributed by atoms with Gasteiger partial charge >= 0.3 is 23.9 Å². The van der Waals surface area contributed by atoms with Crippen LogP contribution in [0.4, 0.5) is 0 Å². The molecule has 1 spiro atoms. The maximum absolute atomic E-state index is 14.8. The highest BCUT2D eigenvalue weighted by Crippen LogP contribution is 2.68. The molecule has 7 fully saturated rings. The molecule has 7 aliphatic rings. The number of hydrogen-bond donors (Lipinski definition) is 1. The number of carbonyl (C=O) groups excluding carboxylic acids is 4. The lowest BCUT2D eigenvalue weighted by molar-refractivity contribution is -0.938. The Hall–Kier alpha value is -3.80.